The predicted molar refractivity (Wildman–Crippen MR) is 69.0 cm³/mol. The number of alkyl halides is 2. The van der Waals surface area contributed by atoms with Gasteiger partial charge in [-0.2, -0.15) is 8.78 Å². The van der Waals surface area contributed by atoms with E-state index in [0.29, 0.717) is 0 Å². The molecule has 9 nitrogen and oxygen atoms in total. The van der Waals surface area contributed by atoms with Gasteiger partial charge < -0.3 is 40.9 Å². The SMILES string of the molecule is N[C@H]1CCN(CC(F)(F)[C@]2(O)O[C@@H]([C@H](O)CO)[C@H](O)[C@H]2O)C1=O. The van der Waals surface area contributed by atoms with Gasteiger partial charge in [0.25, 0.3) is 5.79 Å². The van der Waals surface area contributed by atoms with E-state index in [1.165, 1.54) is 0 Å². The molecule has 0 aromatic rings. The lowest BCUT2D eigenvalue weighted by molar-refractivity contribution is -0.339. The molecule has 0 aliphatic carbocycles. The second kappa shape index (κ2) is 6.16. The third kappa shape index (κ3) is 2.93. The van der Waals surface area contributed by atoms with Crippen LogP contribution < -0.4 is 5.73 Å². The second-order valence-electron chi connectivity index (χ2n) is 5.82. The normalized spacial score (nSPS) is 40.0. The van der Waals surface area contributed by atoms with Crippen LogP contribution in [0.15, 0.2) is 0 Å². The van der Waals surface area contributed by atoms with Crippen LogP contribution in [-0.2, 0) is 9.53 Å². The molecule has 2 fully saturated rings. The Kier molecular flexibility index (Phi) is 4.93. The molecule has 6 atom stereocenters. The Balaban J connectivity index is 2.19. The topological polar surface area (TPSA) is 157 Å². The van der Waals surface area contributed by atoms with Crippen molar-refractivity contribution in [2.75, 3.05) is 19.7 Å². The summed E-state index contributed by atoms with van der Waals surface area (Å²) in [5.74, 6) is -8.41. The van der Waals surface area contributed by atoms with Crippen LogP contribution in [0.2, 0.25) is 0 Å². The first-order valence-corrected chi connectivity index (χ1v) is 7.02. The maximum Gasteiger partial charge on any atom is 0.320 e. The molecule has 0 spiro atoms. The van der Waals surface area contributed by atoms with Crippen molar-refractivity contribution in [2.24, 2.45) is 5.73 Å². The van der Waals surface area contributed by atoms with Gasteiger partial charge in [0.05, 0.1) is 19.2 Å². The molecule has 23 heavy (non-hydrogen) atoms. The van der Waals surface area contributed by atoms with E-state index >= 15 is 0 Å². The van der Waals surface area contributed by atoms with Crippen LogP contribution in [0, 0.1) is 0 Å². The van der Waals surface area contributed by atoms with Gasteiger partial charge in [0.1, 0.15) is 24.4 Å². The van der Waals surface area contributed by atoms with Gasteiger partial charge in [-0.15, -0.1) is 0 Å². The Morgan fingerprint density at radius 2 is 2.09 bits per heavy atom. The summed E-state index contributed by atoms with van der Waals surface area (Å²) in [7, 11) is 0. The Morgan fingerprint density at radius 1 is 1.48 bits per heavy atom. The number of nitrogens with zero attached hydrogens (tertiary/aromatic N) is 1. The highest BCUT2D eigenvalue weighted by atomic mass is 19.3. The third-order valence-corrected chi connectivity index (χ3v) is 4.20. The molecule has 2 rings (SSSR count). The number of aliphatic hydroxyl groups excluding tert-OH is 4. The van der Waals surface area contributed by atoms with E-state index in [-0.39, 0.29) is 13.0 Å². The van der Waals surface area contributed by atoms with E-state index in [1.54, 1.807) is 0 Å². The van der Waals surface area contributed by atoms with Crippen molar-refractivity contribution >= 4 is 5.91 Å². The summed E-state index contributed by atoms with van der Waals surface area (Å²) in [6.07, 6.45) is -7.93. The van der Waals surface area contributed by atoms with Crippen LogP contribution in [0.5, 0.6) is 0 Å². The first kappa shape index (κ1) is 18.4. The Hall–Kier alpha value is -0.950. The van der Waals surface area contributed by atoms with E-state index in [2.05, 4.69) is 4.74 Å². The first-order chi connectivity index (χ1) is 10.5. The molecule has 2 heterocycles. The molecular weight excluding hydrogens is 322 g/mol. The number of aliphatic hydroxyl groups is 5. The summed E-state index contributed by atoms with van der Waals surface area (Å²) in [5, 5.41) is 47.7. The third-order valence-electron chi connectivity index (χ3n) is 4.20. The minimum absolute atomic E-state index is 0.0486. The number of halogens is 2. The summed E-state index contributed by atoms with van der Waals surface area (Å²) in [6.45, 7) is -2.26. The summed E-state index contributed by atoms with van der Waals surface area (Å²) in [6, 6.07) is -0.913. The molecule has 7 N–H and O–H groups in total. The smallest absolute Gasteiger partial charge is 0.320 e. The molecule has 0 saturated carbocycles. The molecule has 2 aliphatic heterocycles. The summed E-state index contributed by atoms with van der Waals surface area (Å²) >= 11 is 0. The fourth-order valence-corrected chi connectivity index (χ4v) is 2.74. The zero-order valence-electron chi connectivity index (χ0n) is 12.0. The van der Waals surface area contributed by atoms with E-state index in [0.717, 1.165) is 4.90 Å². The largest absolute Gasteiger partial charge is 0.394 e. The van der Waals surface area contributed by atoms with Crippen molar-refractivity contribution in [1.29, 1.82) is 0 Å². The lowest BCUT2D eigenvalue weighted by Gasteiger charge is -2.36. The van der Waals surface area contributed by atoms with Crippen molar-refractivity contribution in [3.63, 3.8) is 0 Å². The van der Waals surface area contributed by atoms with Gasteiger partial charge in [0.2, 0.25) is 5.91 Å². The summed E-state index contributed by atoms with van der Waals surface area (Å²) < 4.78 is 33.4. The molecule has 0 aromatic carbocycles. The van der Waals surface area contributed by atoms with Gasteiger partial charge in [-0.1, -0.05) is 0 Å². The van der Waals surface area contributed by atoms with Crippen molar-refractivity contribution < 1.29 is 43.8 Å². The number of hydrogen-bond acceptors (Lipinski definition) is 8. The fourth-order valence-electron chi connectivity index (χ4n) is 2.74. The predicted octanol–water partition coefficient (Wildman–Crippen LogP) is -3.66. The fraction of sp³-hybridized carbons (Fsp3) is 0.917. The second-order valence-corrected chi connectivity index (χ2v) is 5.82. The minimum Gasteiger partial charge on any atom is -0.394 e. The molecule has 0 bridgehead atoms. The average molecular weight is 342 g/mol. The highest BCUT2D eigenvalue weighted by Crippen LogP contribution is 2.42. The zero-order valence-corrected chi connectivity index (χ0v) is 12.0. The molecule has 11 heteroatoms. The first-order valence-electron chi connectivity index (χ1n) is 7.02. The molecule has 1 amide bonds. The Labute approximate surface area is 129 Å². The van der Waals surface area contributed by atoms with E-state index in [4.69, 9.17) is 10.8 Å². The highest BCUT2D eigenvalue weighted by molar-refractivity contribution is 5.83. The standard InChI is InChI=1S/C12H20F2N2O7/c13-11(14,4-16-2-1-5(15)10(16)21)12(22)9(20)7(19)8(23-12)6(18)3-17/h5-9,17-20,22H,1-4,15H2/t5-,6+,7-,8-,9+,12+/m0/s1. The van der Waals surface area contributed by atoms with Crippen LogP contribution in [0.3, 0.4) is 0 Å². The number of hydrogen-bond donors (Lipinski definition) is 6. The monoisotopic (exact) mass is 342 g/mol. The zero-order chi connectivity index (χ0) is 17.6. The van der Waals surface area contributed by atoms with Gasteiger partial charge in [-0.25, -0.2) is 0 Å². The lowest BCUT2D eigenvalue weighted by atomic mass is 9.97. The van der Waals surface area contributed by atoms with E-state index in [9.17, 15) is 34.0 Å². The van der Waals surface area contributed by atoms with Crippen LogP contribution in [0.25, 0.3) is 0 Å². The van der Waals surface area contributed by atoms with Crippen molar-refractivity contribution in [3.8, 4) is 0 Å². The molecule has 134 valence electrons. The van der Waals surface area contributed by atoms with Crippen molar-refractivity contribution in [1.82, 2.24) is 4.90 Å². The van der Waals surface area contributed by atoms with Gasteiger partial charge >= 0.3 is 5.92 Å². The number of carbonyl (C=O) groups is 1. The van der Waals surface area contributed by atoms with Crippen LogP contribution in [-0.4, -0.2) is 98.2 Å². The number of nitrogens with two attached hydrogens (primary N) is 1. The van der Waals surface area contributed by atoms with Crippen LogP contribution in [0.1, 0.15) is 6.42 Å². The van der Waals surface area contributed by atoms with Crippen molar-refractivity contribution in [3.05, 3.63) is 0 Å². The Bertz CT molecular complexity index is 469. The minimum atomic E-state index is -4.16. The molecule has 0 unspecified atom stereocenters. The van der Waals surface area contributed by atoms with Gasteiger partial charge in [-0.3, -0.25) is 4.79 Å². The highest BCUT2D eigenvalue weighted by Gasteiger charge is 2.68. The number of rotatable bonds is 5. The average Bonchev–Trinajstić information content (AvgIpc) is 2.93. The molecular formula is C12H20F2N2O7. The quantitative estimate of drug-likeness (QED) is 0.298. The van der Waals surface area contributed by atoms with Crippen LogP contribution >= 0.6 is 0 Å². The number of carbonyl (C=O) groups excluding carboxylic acids is 1. The lowest BCUT2D eigenvalue weighted by Crippen LogP contribution is -2.61. The molecule has 2 aliphatic rings. The van der Waals surface area contributed by atoms with E-state index in [1.807, 2.05) is 0 Å². The maximum atomic E-state index is 14.4. The molecule has 0 aromatic heterocycles. The van der Waals surface area contributed by atoms with Crippen LogP contribution in [0.4, 0.5) is 8.78 Å². The van der Waals surface area contributed by atoms with Gasteiger partial charge in [-0.05, 0) is 6.42 Å². The number of ether oxygens (including phenoxy) is 1. The number of likely N-dealkylation sites (tertiary alicyclic amines) is 1. The molecule has 2 saturated heterocycles. The van der Waals surface area contributed by atoms with Gasteiger partial charge in [0.15, 0.2) is 0 Å². The number of amides is 1. The van der Waals surface area contributed by atoms with Crippen molar-refractivity contribution in [2.45, 2.75) is 48.6 Å². The summed E-state index contributed by atoms with van der Waals surface area (Å²) in [5.41, 5.74) is 5.42. The molecule has 0 radical (unpaired) electrons. The Morgan fingerprint density at radius 3 is 2.57 bits per heavy atom. The summed E-state index contributed by atoms with van der Waals surface area (Å²) in [4.78, 5) is 12.4. The maximum absolute atomic E-state index is 14.4. The van der Waals surface area contributed by atoms with E-state index < -0.39 is 61.2 Å². The van der Waals surface area contributed by atoms with Gasteiger partial charge in [0, 0.05) is 6.54 Å².